The van der Waals surface area contributed by atoms with Crippen molar-refractivity contribution in [3.05, 3.63) is 16.0 Å². The van der Waals surface area contributed by atoms with Gasteiger partial charge < -0.3 is 10.1 Å². The predicted octanol–water partition coefficient (Wildman–Crippen LogP) is 3.42. The van der Waals surface area contributed by atoms with E-state index in [1.54, 1.807) is 0 Å². The van der Waals surface area contributed by atoms with Crippen molar-refractivity contribution < 1.29 is 14.3 Å². The number of carbonyl (C=O) groups is 2. The van der Waals surface area contributed by atoms with Gasteiger partial charge in [-0.1, -0.05) is 19.8 Å². The second-order valence-electron chi connectivity index (χ2n) is 6.80. The summed E-state index contributed by atoms with van der Waals surface area (Å²) >= 11 is 1.48. The number of ether oxygens (including phenoxy) is 1. The first-order valence-corrected chi connectivity index (χ1v) is 9.41. The third-order valence-electron chi connectivity index (χ3n) is 4.91. The predicted molar refractivity (Wildman–Crippen MR) is 91.8 cm³/mol. The summed E-state index contributed by atoms with van der Waals surface area (Å²) in [4.78, 5) is 25.2. The Morgan fingerprint density at radius 1 is 1.33 bits per heavy atom. The highest BCUT2D eigenvalue weighted by atomic mass is 32.1. The molecule has 1 aromatic heterocycles. The molecule has 1 aromatic rings. The van der Waals surface area contributed by atoms with Gasteiger partial charge in [-0.15, -0.1) is 11.3 Å². The third kappa shape index (κ3) is 3.62. The zero-order valence-corrected chi connectivity index (χ0v) is 14.7. The molecule has 24 heavy (non-hydrogen) atoms. The Morgan fingerprint density at radius 3 is 2.79 bits per heavy atom. The van der Waals surface area contributed by atoms with Crippen LogP contribution in [0.2, 0.25) is 0 Å². The van der Waals surface area contributed by atoms with Crippen molar-refractivity contribution in [2.45, 2.75) is 51.9 Å². The molecule has 5 nitrogen and oxygen atoms in total. The maximum Gasteiger partial charge on any atom is 0.309 e. The Balaban J connectivity index is 1.60. The fourth-order valence-electron chi connectivity index (χ4n) is 3.54. The van der Waals surface area contributed by atoms with Gasteiger partial charge in [0, 0.05) is 4.88 Å². The average molecular weight is 346 g/mol. The Labute approximate surface area is 146 Å². The van der Waals surface area contributed by atoms with Crippen LogP contribution in [0.15, 0.2) is 0 Å². The van der Waals surface area contributed by atoms with Crippen molar-refractivity contribution in [3.8, 4) is 6.07 Å². The monoisotopic (exact) mass is 346 g/mol. The first-order valence-electron chi connectivity index (χ1n) is 8.59. The third-order valence-corrected chi connectivity index (χ3v) is 6.08. The lowest BCUT2D eigenvalue weighted by Gasteiger charge is -2.17. The molecular formula is C18H22N2O3S. The number of nitrogens with zero attached hydrogens (tertiary/aromatic N) is 1. The molecule has 2 aliphatic carbocycles. The number of nitrogens with one attached hydrogen (secondary N) is 1. The molecular weight excluding hydrogens is 324 g/mol. The summed E-state index contributed by atoms with van der Waals surface area (Å²) in [6.45, 7) is 1.93. The van der Waals surface area contributed by atoms with Crippen LogP contribution < -0.4 is 5.32 Å². The summed E-state index contributed by atoms with van der Waals surface area (Å²) < 4.78 is 5.12. The van der Waals surface area contributed by atoms with Gasteiger partial charge in [0.2, 0.25) is 0 Å². The molecule has 0 saturated heterocycles. The zero-order chi connectivity index (χ0) is 17.1. The van der Waals surface area contributed by atoms with E-state index < -0.39 is 0 Å². The van der Waals surface area contributed by atoms with Gasteiger partial charge in [-0.3, -0.25) is 9.59 Å². The molecule has 0 bridgehead atoms. The number of rotatable bonds is 4. The molecule has 6 heteroatoms. The van der Waals surface area contributed by atoms with Crippen molar-refractivity contribution in [1.82, 2.24) is 0 Å². The quantitative estimate of drug-likeness (QED) is 0.847. The minimum atomic E-state index is -0.371. The van der Waals surface area contributed by atoms with E-state index >= 15 is 0 Å². The van der Waals surface area contributed by atoms with Gasteiger partial charge in [-0.05, 0) is 43.6 Å². The van der Waals surface area contributed by atoms with Crippen LogP contribution in [0, 0.1) is 23.2 Å². The van der Waals surface area contributed by atoms with Gasteiger partial charge in [0.1, 0.15) is 11.1 Å². The van der Waals surface area contributed by atoms with E-state index in [0.29, 0.717) is 16.5 Å². The van der Waals surface area contributed by atoms with Gasteiger partial charge in [0.05, 0.1) is 11.5 Å². The molecule has 1 amide bonds. The van der Waals surface area contributed by atoms with Crippen molar-refractivity contribution in [2.75, 3.05) is 11.9 Å². The smallest absolute Gasteiger partial charge is 0.309 e. The molecule has 0 unspecified atom stereocenters. The van der Waals surface area contributed by atoms with Crippen LogP contribution in [0.3, 0.4) is 0 Å². The van der Waals surface area contributed by atoms with Gasteiger partial charge in [0.25, 0.3) is 5.91 Å². The van der Waals surface area contributed by atoms with Crippen LogP contribution in [0.25, 0.3) is 0 Å². The van der Waals surface area contributed by atoms with Crippen LogP contribution in [-0.2, 0) is 27.2 Å². The number of amides is 1. The van der Waals surface area contributed by atoms with Crippen molar-refractivity contribution in [1.29, 1.82) is 5.26 Å². The molecule has 2 aliphatic rings. The molecule has 1 N–H and O–H groups in total. The standard InChI is InChI=1S/C18H22N2O3S/c1-11-6-7-13-14(9-19)17(24-15(13)8-11)20-16(21)10-23-18(22)12-4-2-3-5-12/h11-12H,2-8,10H2,1H3,(H,20,21)/t11-/m1/s1. The number of esters is 1. The number of nitriles is 1. The average Bonchev–Trinajstić information content (AvgIpc) is 3.19. The van der Waals surface area contributed by atoms with Crippen molar-refractivity contribution in [3.63, 3.8) is 0 Å². The van der Waals surface area contributed by atoms with Crippen LogP contribution in [-0.4, -0.2) is 18.5 Å². The first kappa shape index (κ1) is 17.0. The molecule has 1 atom stereocenters. The summed E-state index contributed by atoms with van der Waals surface area (Å²) in [5, 5.41) is 12.8. The molecule has 0 spiro atoms. The molecule has 1 saturated carbocycles. The largest absolute Gasteiger partial charge is 0.455 e. The lowest BCUT2D eigenvalue weighted by atomic mass is 9.89. The van der Waals surface area contributed by atoms with E-state index in [4.69, 9.17) is 4.74 Å². The van der Waals surface area contributed by atoms with Gasteiger partial charge in [-0.25, -0.2) is 0 Å². The first-order chi connectivity index (χ1) is 11.6. The fourth-order valence-corrected chi connectivity index (χ4v) is 4.91. The molecule has 3 rings (SSSR count). The van der Waals surface area contributed by atoms with Gasteiger partial charge >= 0.3 is 5.97 Å². The Kier molecular flexibility index (Phi) is 5.20. The van der Waals surface area contributed by atoms with Gasteiger partial charge in [0.15, 0.2) is 6.61 Å². The van der Waals surface area contributed by atoms with Gasteiger partial charge in [-0.2, -0.15) is 5.26 Å². The lowest BCUT2D eigenvalue weighted by molar-refractivity contribution is -0.151. The zero-order valence-electron chi connectivity index (χ0n) is 13.9. The highest BCUT2D eigenvalue weighted by molar-refractivity contribution is 7.16. The minimum absolute atomic E-state index is 0.0528. The highest BCUT2D eigenvalue weighted by Gasteiger charge is 2.26. The second-order valence-corrected chi connectivity index (χ2v) is 7.91. The van der Waals surface area contributed by atoms with Crippen LogP contribution in [0.1, 0.15) is 55.0 Å². The topological polar surface area (TPSA) is 79.2 Å². The summed E-state index contributed by atoms with van der Waals surface area (Å²) in [6.07, 6.45) is 6.74. The number of carbonyl (C=O) groups excluding carboxylic acids is 2. The summed E-state index contributed by atoms with van der Waals surface area (Å²) in [7, 11) is 0. The van der Waals surface area contributed by atoms with Crippen LogP contribution >= 0.6 is 11.3 Å². The van der Waals surface area contributed by atoms with Crippen molar-refractivity contribution >= 4 is 28.2 Å². The number of fused-ring (bicyclic) bond motifs is 1. The number of anilines is 1. The van der Waals surface area contributed by atoms with E-state index in [9.17, 15) is 14.9 Å². The molecule has 0 aliphatic heterocycles. The van der Waals surface area contributed by atoms with Crippen LogP contribution in [0.5, 0.6) is 0 Å². The second kappa shape index (κ2) is 7.35. The molecule has 0 aromatic carbocycles. The number of hydrogen-bond acceptors (Lipinski definition) is 5. The van der Waals surface area contributed by atoms with Crippen LogP contribution in [0.4, 0.5) is 5.00 Å². The maximum absolute atomic E-state index is 12.1. The van der Waals surface area contributed by atoms with E-state index in [2.05, 4.69) is 18.3 Å². The minimum Gasteiger partial charge on any atom is -0.455 e. The molecule has 1 fully saturated rings. The van der Waals surface area contributed by atoms with Crippen molar-refractivity contribution in [2.24, 2.45) is 11.8 Å². The van der Waals surface area contributed by atoms with E-state index in [-0.39, 0.29) is 24.4 Å². The Bertz CT molecular complexity index is 683. The van der Waals surface area contributed by atoms with E-state index in [1.807, 2.05) is 0 Å². The highest BCUT2D eigenvalue weighted by Crippen LogP contribution is 2.39. The Hall–Kier alpha value is -1.87. The lowest BCUT2D eigenvalue weighted by Crippen LogP contribution is -2.23. The number of thiophene rings is 1. The molecule has 1 heterocycles. The summed E-state index contributed by atoms with van der Waals surface area (Å²) in [6, 6.07) is 2.22. The van der Waals surface area contributed by atoms with E-state index in [1.165, 1.54) is 16.2 Å². The fraction of sp³-hybridized carbons (Fsp3) is 0.611. The normalized spacial score (nSPS) is 20.2. The SMILES string of the molecule is C[C@@H]1CCc2c(sc(NC(=O)COC(=O)C3CCCC3)c2C#N)C1. The maximum atomic E-state index is 12.1. The molecule has 0 radical (unpaired) electrons. The Morgan fingerprint density at radius 2 is 2.08 bits per heavy atom. The number of hydrogen-bond donors (Lipinski definition) is 1. The summed E-state index contributed by atoms with van der Waals surface area (Å²) in [5.41, 5.74) is 1.66. The van der Waals surface area contributed by atoms with E-state index in [0.717, 1.165) is 50.5 Å². The summed E-state index contributed by atoms with van der Waals surface area (Å²) in [5.74, 6) is -0.0893. The molecule has 128 valence electrons.